The van der Waals surface area contributed by atoms with Gasteiger partial charge in [0, 0.05) is 16.8 Å². The maximum Gasteiger partial charge on any atom is 0.165 e. The van der Waals surface area contributed by atoms with Crippen molar-refractivity contribution in [2.45, 2.75) is 10.6 Å². The summed E-state index contributed by atoms with van der Waals surface area (Å²) >= 11 is 1.58. The second-order valence-electron chi connectivity index (χ2n) is 3.68. The van der Waals surface area contributed by atoms with Crippen molar-refractivity contribution < 1.29 is 9.13 Å². The summed E-state index contributed by atoms with van der Waals surface area (Å²) in [6, 6.07) is 8.60. The van der Waals surface area contributed by atoms with Gasteiger partial charge in [0.05, 0.1) is 7.11 Å². The van der Waals surface area contributed by atoms with Crippen molar-refractivity contribution in [3.05, 3.63) is 47.9 Å². The molecule has 0 atom stereocenters. The van der Waals surface area contributed by atoms with Crippen molar-refractivity contribution in [1.29, 1.82) is 0 Å². The largest absolute Gasteiger partial charge is 0.494 e. The maximum atomic E-state index is 13.5. The molecule has 0 spiro atoms. The Morgan fingerprint density at radius 2 is 2.17 bits per heavy atom. The summed E-state index contributed by atoms with van der Waals surface area (Å²) < 4.78 is 18.3. The fourth-order valence-electron chi connectivity index (χ4n) is 1.44. The highest BCUT2D eigenvalue weighted by atomic mass is 32.2. The average Bonchev–Trinajstić information content (AvgIpc) is 2.38. The molecular formula is C13H13FN2OS. The normalized spacial score (nSPS) is 10.3. The van der Waals surface area contributed by atoms with Gasteiger partial charge in [-0.3, -0.25) is 0 Å². The second-order valence-corrected chi connectivity index (χ2v) is 4.73. The number of nitrogen functional groups attached to an aromatic ring is 1. The zero-order valence-corrected chi connectivity index (χ0v) is 10.7. The van der Waals surface area contributed by atoms with E-state index in [4.69, 9.17) is 10.5 Å². The van der Waals surface area contributed by atoms with Crippen LogP contribution < -0.4 is 10.5 Å². The summed E-state index contributed by atoms with van der Waals surface area (Å²) in [5.41, 5.74) is 6.40. The van der Waals surface area contributed by atoms with E-state index in [9.17, 15) is 4.39 Å². The maximum absolute atomic E-state index is 13.5. The molecule has 0 aliphatic rings. The molecule has 1 aromatic carbocycles. The van der Waals surface area contributed by atoms with Crippen LogP contribution in [0.25, 0.3) is 0 Å². The zero-order chi connectivity index (χ0) is 13.0. The average molecular weight is 264 g/mol. The molecule has 0 saturated carbocycles. The predicted octanol–water partition coefficient (Wildman–Crippen LogP) is 3.10. The van der Waals surface area contributed by atoms with Gasteiger partial charge in [0.25, 0.3) is 0 Å². The van der Waals surface area contributed by atoms with E-state index in [1.165, 1.54) is 13.2 Å². The lowest BCUT2D eigenvalue weighted by molar-refractivity contribution is 0.386. The Balaban J connectivity index is 2.02. The minimum absolute atomic E-state index is 0.262. The molecule has 18 heavy (non-hydrogen) atoms. The lowest BCUT2D eigenvalue weighted by Crippen LogP contribution is -1.90. The highest BCUT2D eigenvalue weighted by Crippen LogP contribution is 2.25. The molecular weight excluding hydrogens is 251 g/mol. The van der Waals surface area contributed by atoms with Crippen LogP contribution in [0, 0.1) is 5.82 Å². The molecule has 1 aromatic heterocycles. The van der Waals surface area contributed by atoms with Crippen LogP contribution in [0.4, 0.5) is 10.2 Å². The van der Waals surface area contributed by atoms with Crippen LogP contribution in [-0.4, -0.2) is 12.1 Å². The molecule has 0 aliphatic carbocycles. The Labute approximate surface area is 109 Å². The van der Waals surface area contributed by atoms with Gasteiger partial charge in [-0.2, -0.15) is 0 Å². The fourth-order valence-corrected chi connectivity index (χ4v) is 2.25. The molecule has 3 nitrogen and oxygen atoms in total. The van der Waals surface area contributed by atoms with E-state index in [2.05, 4.69) is 4.98 Å². The third kappa shape index (κ3) is 3.13. The van der Waals surface area contributed by atoms with Crippen LogP contribution in [-0.2, 0) is 5.75 Å². The molecule has 0 bridgehead atoms. The molecule has 2 aromatic rings. The fraction of sp³-hybridized carbons (Fsp3) is 0.154. The SMILES string of the molecule is COc1ccc(CSc2ccc(N)nc2)cc1F. The summed E-state index contributed by atoms with van der Waals surface area (Å²) in [5, 5.41) is 0. The van der Waals surface area contributed by atoms with Crippen LogP contribution in [0.5, 0.6) is 5.75 Å². The molecule has 5 heteroatoms. The smallest absolute Gasteiger partial charge is 0.165 e. The van der Waals surface area contributed by atoms with E-state index in [1.54, 1.807) is 30.1 Å². The number of anilines is 1. The number of rotatable bonds is 4. The molecule has 0 unspecified atom stereocenters. The van der Waals surface area contributed by atoms with Gasteiger partial charge in [-0.1, -0.05) is 6.07 Å². The lowest BCUT2D eigenvalue weighted by Gasteiger charge is -2.05. The van der Waals surface area contributed by atoms with E-state index >= 15 is 0 Å². The number of methoxy groups -OCH3 is 1. The van der Waals surface area contributed by atoms with Gasteiger partial charge in [-0.15, -0.1) is 11.8 Å². The summed E-state index contributed by atoms with van der Waals surface area (Å²) in [4.78, 5) is 5.00. The predicted molar refractivity (Wildman–Crippen MR) is 71.2 cm³/mol. The lowest BCUT2D eigenvalue weighted by atomic mass is 10.2. The van der Waals surface area contributed by atoms with Crippen LogP contribution in [0.2, 0.25) is 0 Å². The number of hydrogen-bond donors (Lipinski definition) is 1. The van der Waals surface area contributed by atoms with Crippen molar-refractivity contribution in [2.24, 2.45) is 0 Å². The van der Waals surface area contributed by atoms with E-state index in [-0.39, 0.29) is 11.6 Å². The van der Waals surface area contributed by atoms with Crippen molar-refractivity contribution in [3.63, 3.8) is 0 Å². The van der Waals surface area contributed by atoms with E-state index in [0.717, 1.165) is 10.5 Å². The first-order valence-electron chi connectivity index (χ1n) is 5.36. The van der Waals surface area contributed by atoms with Crippen molar-refractivity contribution in [2.75, 3.05) is 12.8 Å². The van der Waals surface area contributed by atoms with Gasteiger partial charge in [0.2, 0.25) is 0 Å². The molecule has 94 valence electrons. The van der Waals surface area contributed by atoms with Crippen LogP contribution in [0.15, 0.2) is 41.4 Å². The minimum atomic E-state index is -0.342. The zero-order valence-electron chi connectivity index (χ0n) is 9.89. The monoisotopic (exact) mass is 264 g/mol. The third-order valence-electron chi connectivity index (χ3n) is 2.38. The number of hydrogen-bond acceptors (Lipinski definition) is 4. The van der Waals surface area contributed by atoms with Gasteiger partial charge < -0.3 is 10.5 Å². The van der Waals surface area contributed by atoms with Crippen LogP contribution >= 0.6 is 11.8 Å². The summed E-state index contributed by atoms with van der Waals surface area (Å²) in [6.45, 7) is 0. The Hall–Kier alpha value is -1.75. The van der Waals surface area contributed by atoms with Gasteiger partial charge >= 0.3 is 0 Å². The standard InChI is InChI=1S/C13H13FN2OS/c1-17-12-4-2-9(6-11(12)14)8-18-10-3-5-13(15)16-7-10/h2-7H,8H2,1H3,(H2,15,16). The Morgan fingerprint density at radius 1 is 1.33 bits per heavy atom. The van der Waals surface area contributed by atoms with E-state index in [0.29, 0.717) is 11.6 Å². The first-order chi connectivity index (χ1) is 8.69. The minimum Gasteiger partial charge on any atom is -0.494 e. The molecule has 0 fully saturated rings. The van der Waals surface area contributed by atoms with Gasteiger partial charge in [-0.05, 0) is 29.8 Å². The number of aromatic nitrogens is 1. The summed E-state index contributed by atoms with van der Waals surface area (Å²) in [5.74, 6) is 1.09. The van der Waals surface area contributed by atoms with Crippen LogP contribution in [0.1, 0.15) is 5.56 Å². The quantitative estimate of drug-likeness (QED) is 0.862. The number of pyridine rings is 1. The molecule has 0 radical (unpaired) electrons. The molecule has 0 aliphatic heterocycles. The van der Waals surface area contributed by atoms with Gasteiger partial charge in [-0.25, -0.2) is 9.37 Å². The van der Waals surface area contributed by atoms with Gasteiger partial charge in [0.1, 0.15) is 5.82 Å². The van der Waals surface area contributed by atoms with E-state index in [1.807, 2.05) is 12.1 Å². The number of ether oxygens (including phenoxy) is 1. The molecule has 2 N–H and O–H groups in total. The van der Waals surface area contributed by atoms with Crippen molar-refractivity contribution in [1.82, 2.24) is 4.98 Å². The topological polar surface area (TPSA) is 48.1 Å². The van der Waals surface area contributed by atoms with Gasteiger partial charge in [0.15, 0.2) is 11.6 Å². The summed E-state index contributed by atoms with van der Waals surface area (Å²) in [7, 11) is 1.45. The van der Waals surface area contributed by atoms with E-state index < -0.39 is 0 Å². The second kappa shape index (κ2) is 5.73. The number of halogens is 1. The third-order valence-corrected chi connectivity index (χ3v) is 3.43. The first-order valence-corrected chi connectivity index (χ1v) is 6.34. The number of thioether (sulfide) groups is 1. The molecule has 0 amide bonds. The molecule has 0 saturated heterocycles. The highest BCUT2D eigenvalue weighted by molar-refractivity contribution is 7.98. The Kier molecular flexibility index (Phi) is 4.04. The Bertz CT molecular complexity index is 531. The summed E-state index contributed by atoms with van der Waals surface area (Å²) in [6.07, 6.45) is 1.71. The van der Waals surface area contributed by atoms with Crippen LogP contribution in [0.3, 0.4) is 0 Å². The van der Waals surface area contributed by atoms with Crippen molar-refractivity contribution in [3.8, 4) is 5.75 Å². The first kappa shape index (κ1) is 12.7. The molecule has 2 rings (SSSR count). The number of nitrogens with zero attached hydrogens (tertiary/aromatic N) is 1. The highest BCUT2D eigenvalue weighted by Gasteiger charge is 2.04. The Morgan fingerprint density at radius 3 is 2.78 bits per heavy atom. The number of nitrogens with two attached hydrogens (primary N) is 1. The number of benzene rings is 1. The van der Waals surface area contributed by atoms with Crippen molar-refractivity contribution >= 4 is 17.6 Å². The molecule has 1 heterocycles.